The monoisotopic (exact) mass is 404 g/mol. The van der Waals surface area contributed by atoms with Crippen molar-refractivity contribution in [3.63, 3.8) is 0 Å². The molecule has 0 fully saturated rings. The van der Waals surface area contributed by atoms with Crippen molar-refractivity contribution in [2.24, 2.45) is 0 Å². The number of nitrogens with one attached hydrogen (secondary N) is 1. The van der Waals surface area contributed by atoms with Gasteiger partial charge in [-0.2, -0.15) is 13.2 Å². The third-order valence-electron chi connectivity index (χ3n) is 4.40. The van der Waals surface area contributed by atoms with Gasteiger partial charge in [-0.25, -0.2) is 0 Å². The molecule has 0 aliphatic heterocycles. The van der Waals surface area contributed by atoms with E-state index in [-0.39, 0.29) is 18.0 Å². The highest BCUT2D eigenvalue weighted by molar-refractivity contribution is 6.04. The number of halogens is 3. The van der Waals surface area contributed by atoms with E-state index in [0.717, 1.165) is 18.1 Å². The topological polar surface area (TPSA) is 64.4 Å². The minimum absolute atomic E-state index is 0.00945. The Morgan fingerprint density at radius 3 is 2.48 bits per heavy atom. The molecule has 2 aromatic carbocycles. The summed E-state index contributed by atoms with van der Waals surface area (Å²) in [5, 5.41) is 5.96. The van der Waals surface area contributed by atoms with Crippen LogP contribution in [0.15, 0.2) is 53.1 Å². The normalized spacial score (nSPS) is 11.3. The zero-order chi connectivity index (χ0) is 21.0. The summed E-state index contributed by atoms with van der Waals surface area (Å²) < 4.78 is 50.2. The molecule has 3 aromatic rings. The Morgan fingerprint density at radius 2 is 1.83 bits per heavy atom. The van der Waals surface area contributed by atoms with Crippen molar-refractivity contribution in [3.8, 4) is 5.75 Å². The minimum atomic E-state index is -4.60. The Kier molecular flexibility index (Phi) is 5.91. The summed E-state index contributed by atoms with van der Waals surface area (Å²) in [6.07, 6.45) is -3.70. The van der Waals surface area contributed by atoms with Gasteiger partial charge >= 0.3 is 6.18 Å². The van der Waals surface area contributed by atoms with Crippen LogP contribution in [0.25, 0.3) is 0 Å². The van der Waals surface area contributed by atoms with Crippen LogP contribution in [-0.2, 0) is 19.2 Å². The first-order chi connectivity index (χ1) is 13.8. The third kappa shape index (κ3) is 4.77. The Morgan fingerprint density at radius 1 is 1.14 bits per heavy atom. The molecule has 0 aliphatic carbocycles. The largest absolute Gasteiger partial charge is 0.489 e. The lowest BCUT2D eigenvalue weighted by molar-refractivity contribution is -0.136. The van der Waals surface area contributed by atoms with Crippen LogP contribution < -0.4 is 10.1 Å². The number of para-hydroxylation sites is 1. The van der Waals surface area contributed by atoms with Crippen LogP contribution >= 0.6 is 0 Å². The number of aryl methyl sites for hydroxylation is 2. The van der Waals surface area contributed by atoms with Gasteiger partial charge in [0.1, 0.15) is 18.1 Å². The fraction of sp³-hybridized carbons (Fsp3) is 0.238. The molecular formula is C21H19F3N2O3. The molecule has 5 nitrogen and oxygen atoms in total. The van der Waals surface area contributed by atoms with E-state index in [0.29, 0.717) is 17.1 Å². The van der Waals surface area contributed by atoms with Gasteiger partial charge in [-0.3, -0.25) is 4.79 Å². The maximum absolute atomic E-state index is 13.1. The molecular weight excluding hydrogens is 385 g/mol. The second-order valence-corrected chi connectivity index (χ2v) is 6.35. The van der Waals surface area contributed by atoms with Crippen molar-refractivity contribution in [3.05, 3.63) is 76.7 Å². The van der Waals surface area contributed by atoms with Crippen molar-refractivity contribution in [1.82, 2.24) is 5.16 Å². The zero-order valence-corrected chi connectivity index (χ0v) is 15.8. The Balaban J connectivity index is 1.77. The first kappa shape index (κ1) is 20.4. The second kappa shape index (κ2) is 8.38. The van der Waals surface area contributed by atoms with Gasteiger partial charge in [0.15, 0.2) is 5.69 Å². The van der Waals surface area contributed by atoms with E-state index in [2.05, 4.69) is 10.5 Å². The molecule has 0 spiro atoms. The lowest BCUT2D eigenvalue weighted by Gasteiger charge is -2.13. The summed E-state index contributed by atoms with van der Waals surface area (Å²) in [7, 11) is 0. The lowest BCUT2D eigenvalue weighted by Crippen LogP contribution is -2.18. The van der Waals surface area contributed by atoms with Gasteiger partial charge in [0.05, 0.1) is 16.8 Å². The van der Waals surface area contributed by atoms with Gasteiger partial charge in [0.25, 0.3) is 5.91 Å². The molecule has 8 heteroatoms. The standard InChI is InChI=1S/C21H19F3N2O3/c1-3-14-8-10-15(11-9-14)28-12-16-13(2)29-26-19(16)20(27)25-18-7-5-4-6-17(18)21(22,23)24/h4-11H,3,12H2,1-2H3,(H,25,27). The van der Waals surface area contributed by atoms with Crippen LogP contribution in [0.3, 0.4) is 0 Å². The third-order valence-corrected chi connectivity index (χ3v) is 4.40. The number of hydrogen-bond acceptors (Lipinski definition) is 4. The number of aromatic nitrogens is 1. The molecule has 0 saturated heterocycles. The number of amides is 1. The molecule has 1 amide bonds. The fourth-order valence-corrected chi connectivity index (χ4v) is 2.74. The van der Waals surface area contributed by atoms with Gasteiger partial charge < -0.3 is 14.6 Å². The first-order valence-corrected chi connectivity index (χ1v) is 8.94. The van der Waals surface area contributed by atoms with Crippen molar-refractivity contribution >= 4 is 11.6 Å². The maximum atomic E-state index is 13.1. The molecule has 0 radical (unpaired) electrons. The molecule has 1 N–H and O–H groups in total. The van der Waals surface area contributed by atoms with Gasteiger partial charge in [0, 0.05) is 0 Å². The summed E-state index contributed by atoms with van der Waals surface area (Å²) in [5.74, 6) is 0.138. The lowest BCUT2D eigenvalue weighted by atomic mass is 10.1. The Bertz CT molecular complexity index is 995. The van der Waals surface area contributed by atoms with Crippen LogP contribution in [-0.4, -0.2) is 11.1 Å². The van der Waals surface area contributed by atoms with Crippen LogP contribution in [0.1, 0.15) is 39.9 Å². The molecule has 29 heavy (non-hydrogen) atoms. The number of alkyl halides is 3. The predicted molar refractivity (Wildman–Crippen MR) is 101 cm³/mol. The Hall–Kier alpha value is -3.29. The highest BCUT2D eigenvalue weighted by Crippen LogP contribution is 2.34. The summed E-state index contributed by atoms with van der Waals surface area (Å²) in [5.41, 5.74) is 0.105. The Labute approximate surface area is 165 Å². The number of benzene rings is 2. The molecule has 0 aliphatic rings. The van der Waals surface area contributed by atoms with Crippen molar-refractivity contribution < 1.29 is 27.2 Å². The molecule has 0 saturated carbocycles. The minimum Gasteiger partial charge on any atom is -0.489 e. The maximum Gasteiger partial charge on any atom is 0.418 e. The van der Waals surface area contributed by atoms with Gasteiger partial charge in [0.2, 0.25) is 0 Å². The summed E-state index contributed by atoms with van der Waals surface area (Å²) in [6, 6.07) is 12.2. The molecule has 3 rings (SSSR count). The molecule has 1 heterocycles. The van der Waals surface area contributed by atoms with E-state index in [9.17, 15) is 18.0 Å². The smallest absolute Gasteiger partial charge is 0.418 e. The van der Waals surface area contributed by atoms with Crippen LogP contribution in [0.5, 0.6) is 5.75 Å². The van der Waals surface area contributed by atoms with E-state index < -0.39 is 17.6 Å². The number of anilines is 1. The molecule has 0 unspecified atom stereocenters. The summed E-state index contributed by atoms with van der Waals surface area (Å²) >= 11 is 0. The van der Waals surface area contributed by atoms with E-state index in [1.54, 1.807) is 19.1 Å². The number of carbonyl (C=O) groups is 1. The summed E-state index contributed by atoms with van der Waals surface area (Å²) in [4.78, 5) is 12.6. The van der Waals surface area contributed by atoms with Crippen molar-refractivity contribution in [1.29, 1.82) is 0 Å². The number of nitrogens with zero attached hydrogens (tertiary/aromatic N) is 1. The highest BCUT2D eigenvalue weighted by atomic mass is 19.4. The quantitative estimate of drug-likeness (QED) is 0.598. The molecule has 152 valence electrons. The average Bonchev–Trinajstić information content (AvgIpc) is 3.07. The first-order valence-electron chi connectivity index (χ1n) is 8.94. The van der Waals surface area contributed by atoms with E-state index in [1.807, 2.05) is 19.1 Å². The zero-order valence-electron chi connectivity index (χ0n) is 15.8. The fourth-order valence-electron chi connectivity index (χ4n) is 2.74. The van der Waals surface area contributed by atoms with Gasteiger partial charge in [-0.15, -0.1) is 0 Å². The number of hydrogen-bond donors (Lipinski definition) is 1. The second-order valence-electron chi connectivity index (χ2n) is 6.35. The van der Waals surface area contributed by atoms with E-state index in [1.165, 1.54) is 18.2 Å². The molecule has 1 aromatic heterocycles. The van der Waals surface area contributed by atoms with Crippen molar-refractivity contribution in [2.45, 2.75) is 33.1 Å². The van der Waals surface area contributed by atoms with E-state index in [4.69, 9.17) is 9.26 Å². The molecule has 0 atom stereocenters. The highest BCUT2D eigenvalue weighted by Gasteiger charge is 2.34. The van der Waals surface area contributed by atoms with Gasteiger partial charge in [-0.1, -0.05) is 36.3 Å². The van der Waals surface area contributed by atoms with Gasteiger partial charge in [-0.05, 0) is 43.2 Å². The van der Waals surface area contributed by atoms with Crippen LogP contribution in [0, 0.1) is 6.92 Å². The number of ether oxygens (including phenoxy) is 1. The average molecular weight is 404 g/mol. The predicted octanol–water partition coefficient (Wildman–Crippen LogP) is 5.40. The number of carbonyl (C=O) groups excluding carboxylic acids is 1. The van der Waals surface area contributed by atoms with Crippen molar-refractivity contribution in [2.75, 3.05) is 5.32 Å². The number of rotatable bonds is 6. The van der Waals surface area contributed by atoms with Crippen LogP contribution in [0.4, 0.5) is 18.9 Å². The van der Waals surface area contributed by atoms with E-state index >= 15 is 0 Å². The molecule has 0 bridgehead atoms. The SMILES string of the molecule is CCc1ccc(OCc2c(C(=O)Nc3ccccc3C(F)(F)F)noc2C)cc1. The summed E-state index contributed by atoms with van der Waals surface area (Å²) in [6.45, 7) is 3.63. The van der Waals surface area contributed by atoms with Crippen LogP contribution in [0.2, 0.25) is 0 Å².